The van der Waals surface area contributed by atoms with Gasteiger partial charge in [0.1, 0.15) is 60.1 Å². The minimum absolute atomic E-state index is 0.0262. The number of likely N-dealkylation sites (tertiary alicyclic amines) is 1. The second kappa shape index (κ2) is 33.5. The van der Waals surface area contributed by atoms with Gasteiger partial charge in [-0.1, -0.05) is 100 Å². The summed E-state index contributed by atoms with van der Waals surface area (Å²) in [6.07, 6.45) is -2.09. The molecule has 3 aromatic carbocycles. The molecule has 4 rings (SSSR count). The number of carbonyl (C=O) groups excluding carboxylic acids is 11. The van der Waals surface area contributed by atoms with E-state index >= 15 is 0 Å². The van der Waals surface area contributed by atoms with Crippen molar-refractivity contribution >= 4 is 70.9 Å². The van der Waals surface area contributed by atoms with Crippen molar-refractivity contribution < 1.29 is 78.0 Å². The Bertz CT molecular complexity index is 2860. The minimum Gasteiger partial charge on any atom is -0.508 e. The Balaban J connectivity index is 1.37. The Hall–Kier alpha value is -9.02. The SMILES string of the molecule is CC(C)[C@H](NC(=O)[C@H](CC(N)=O)NC(=O)[C@@H](NC(=O)[C@@H]1CCCN1C(=O)[C@@H](NC(=O)[C@@H](N)Cc1ccc(O)cc1)C(C)C)[C@@H](C)O)C(=O)NCC(=O)N[C@@H](CO)C(=O)N[C@@H](Cc1ccccc1)C(=O)N[C@@H](C)C(=O)N[C@@H](Cc1ccccc1)C(=O)O. The molecule has 0 aliphatic carbocycles. The number of aliphatic hydroxyl groups excluding tert-OH is 2. The van der Waals surface area contributed by atoms with E-state index in [-0.39, 0.29) is 38.0 Å². The zero-order valence-corrected chi connectivity index (χ0v) is 48.7. The van der Waals surface area contributed by atoms with Gasteiger partial charge in [0.05, 0.1) is 31.7 Å². The second-order valence-corrected chi connectivity index (χ2v) is 21.7. The molecular formula is C58H80N12O16. The number of nitrogens with two attached hydrogens (primary N) is 2. The quantitative estimate of drug-likeness (QED) is 0.0287. The lowest BCUT2D eigenvalue weighted by Gasteiger charge is -2.32. The molecule has 0 unspecified atom stereocenters. The topological polar surface area (TPSA) is 449 Å². The van der Waals surface area contributed by atoms with Crippen LogP contribution in [0.3, 0.4) is 0 Å². The fourth-order valence-electron chi connectivity index (χ4n) is 9.12. The fraction of sp³-hybridized carbons (Fsp3) is 0.483. The predicted octanol–water partition coefficient (Wildman–Crippen LogP) is -3.60. The lowest BCUT2D eigenvalue weighted by Crippen LogP contribution is -2.62. The number of rotatable bonds is 32. The molecule has 1 fully saturated rings. The Kier molecular flexibility index (Phi) is 27.0. The van der Waals surface area contributed by atoms with Crippen molar-refractivity contribution in [2.45, 2.75) is 147 Å². The molecular weight excluding hydrogens is 1120 g/mol. The van der Waals surface area contributed by atoms with Crippen LogP contribution >= 0.6 is 0 Å². The van der Waals surface area contributed by atoms with Crippen LogP contribution in [0.15, 0.2) is 84.9 Å². The average molecular weight is 1200 g/mol. The summed E-state index contributed by atoms with van der Waals surface area (Å²) in [6.45, 7) is 7.10. The summed E-state index contributed by atoms with van der Waals surface area (Å²) in [6, 6.07) is 8.77. The number of hydrogen-bond acceptors (Lipinski definition) is 16. The van der Waals surface area contributed by atoms with E-state index < -0.39 is 169 Å². The summed E-state index contributed by atoms with van der Waals surface area (Å²) in [5.74, 6) is -12.8. The van der Waals surface area contributed by atoms with E-state index in [9.17, 15) is 78.0 Å². The van der Waals surface area contributed by atoms with Gasteiger partial charge in [-0.05, 0) is 73.8 Å². The first-order valence-corrected chi connectivity index (χ1v) is 28.0. The van der Waals surface area contributed by atoms with Gasteiger partial charge in [-0.2, -0.15) is 0 Å². The molecule has 28 heteroatoms. The maximum absolute atomic E-state index is 14.0. The summed E-state index contributed by atoms with van der Waals surface area (Å²) in [7, 11) is 0. The van der Waals surface area contributed by atoms with E-state index in [1.807, 2.05) is 0 Å². The number of nitrogens with one attached hydrogen (secondary N) is 9. The highest BCUT2D eigenvalue weighted by Gasteiger charge is 2.42. The Labute approximate surface area is 497 Å². The molecule has 1 heterocycles. The first-order chi connectivity index (χ1) is 40.6. The number of aliphatic hydroxyl groups is 2. The number of carboxylic acid groups (broad SMARTS) is 1. The highest BCUT2D eigenvalue weighted by atomic mass is 16.4. The van der Waals surface area contributed by atoms with E-state index in [4.69, 9.17) is 11.5 Å². The van der Waals surface area contributed by atoms with Crippen LogP contribution in [0.5, 0.6) is 5.75 Å². The molecule has 11 amide bonds. The molecule has 0 aromatic heterocycles. The number of phenols is 1. The van der Waals surface area contributed by atoms with E-state index in [1.54, 1.807) is 86.6 Å². The number of phenolic OH excluding ortho intramolecular Hbond substituents is 1. The molecule has 0 spiro atoms. The molecule has 0 bridgehead atoms. The van der Waals surface area contributed by atoms with Gasteiger partial charge in [0.25, 0.3) is 0 Å². The third-order valence-electron chi connectivity index (χ3n) is 14.0. The van der Waals surface area contributed by atoms with Crippen LogP contribution in [0.4, 0.5) is 0 Å². The number of hydrogen-bond donors (Lipinski definition) is 15. The van der Waals surface area contributed by atoms with Crippen molar-refractivity contribution in [3.63, 3.8) is 0 Å². The maximum atomic E-state index is 14.0. The van der Waals surface area contributed by atoms with Crippen LogP contribution in [0.2, 0.25) is 0 Å². The number of nitrogens with zero attached hydrogens (tertiary/aromatic N) is 1. The summed E-state index contributed by atoms with van der Waals surface area (Å²) in [5.41, 5.74) is 13.5. The molecule has 1 aliphatic rings. The monoisotopic (exact) mass is 1200 g/mol. The van der Waals surface area contributed by atoms with Gasteiger partial charge in [-0.3, -0.25) is 52.7 Å². The number of aliphatic carboxylic acids is 1. The van der Waals surface area contributed by atoms with E-state index in [1.165, 1.54) is 37.8 Å². The van der Waals surface area contributed by atoms with Gasteiger partial charge in [-0.25, -0.2) is 4.79 Å². The number of primary amides is 1. The van der Waals surface area contributed by atoms with Crippen LogP contribution in [0.1, 0.15) is 77.5 Å². The fourth-order valence-corrected chi connectivity index (χ4v) is 9.12. The van der Waals surface area contributed by atoms with Crippen LogP contribution in [0, 0.1) is 11.8 Å². The first kappa shape index (κ1) is 69.5. The van der Waals surface area contributed by atoms with E-state index in [0.29, 0.717) is 23.1 Å². The average Bonchev–Trinajstić information content (AvgIpc) is 3.66. The van der Waals surface area contributed by atoms with Gasteiger partial charge < -0.3 is 84.6 Å². The van der Waals surface area contributed by atoms with Crippen LogP contribution in [-0.4, -0.2) is 182 Å². The highest BCUT2D eigenvalue weighted by molar-refractivity contribution is 5.99. The van der Waals surface area contributed by atoms with Crippen LogP contribution < -0.4 is 59.3 Å². The minimum atomic E-state index is -1.80. The van der Waals surface area contributed by atoms with Crippen LogP contribution in [-0.2, 0) is 76.8 Å². The van der Waals surface area contributed by atoms with Gasteiger partial charge in [-0.15, -0.1) is 0 Å². The zero-order chi connectivity index (χ0) is 63.9. The van der Waals surface area contributed by atoms with E-state index in [0.717, 1.165) is 6.92 Å². The molecule has 86 heavy (non-hydrogen) atoms. The van der Waals surface area contributed by atoms with E-state index in [2.05, 4.69) is 47.9 Å². The van der Waals surface area contributed by atoms with Gasteiger partial charge >= 0.3 is 5.97 Å². The number of aromatic hydroxyl groups is 1. The van der Waals surface area contributed by atoms with Crippen molar-refractivity contribution in [1.82, 2.24) is 52.8 Å². The number of carboxylic acids is 1. The van der Waals surface area contributed by atoms with Crippen LogP contribution in [0.25, 0.3) is 0 Å². The molecule has 0 saturated carbocycles. The highest BCUT2D eigenvalue weighted by Crippen LogP contribution is 2.22. The molecule has 468 valence electrons. The molecule has 0 radical (unpaired) electrons. The van der Waals surface area contributed by atoms with Crippen molar-refractivity contribution in [2.24, 2.45) is 23.3 Å². The summed E-state index contributed by atoms with van der Waals surface area (Å²) < 4.78 is 0. The largest absolute Gasteiger partial charge is 0.508 e. The van der Waals surface area contributed by atoms with Crippen molar-refractivity contribution in [1.29, 1.82) is 0 Å². The molecule has 1 saturated heterocycles. The Morgan fingerprint density at radius 1 is 0.558 bits per heavy atom. The third-order valence-corrected chi connectivity index (χ3v) is 14.0. The standard InChI is InChI=1S/C58H80N12O16/c1-30(2)46(55(82)61-28-45(75)63-42(29-71)53(80)64-39(25-34-14-9-7-10-15-34)51(78)62-32(5)49(76)66-41(58(85)86)26-35-16-11-8-12-17-35)67-52(79)40(27-44(60)74)65-56(83)48(33(6)72)69-54(81)43-18-13-23-70(43)57(84)47(31(3)4)68-50(77)38(59)24-36-19-21-37(73)22-20-36/h7-12,14-17,19-22,30-33,38-43,46-48,71-73H,13,18,23-29,59H2,1-6H3,(H2,60,74)(H,61,82)(H,62,78)(H,63,75)(H,64,80)(H,65,83)(H,66,76)(H,67,79)(H,68,77)(H,69,81)(H,85,86)/t32-,33+,38-,39-,40-,41-,42-,43-,46-,47-,48-/m0/s1. The molecule has 17 N–H and O–H groups in total. The molecule has 1 aliphatic heterocycles. The number of amides is 11. The first-order valence-electron chi connectivity index (χ1n) is 28.0. The van der Waals surface area contributed by atoms with Gasteiger partial charge in [0.2, 0.25) is 65.0 Å². The Morgan fingerprint density at radius 2 is 1.07 bits per heavy atom. The van der Waals surface area contributed by atoms with Crippen molar-refractivity contribution in [3.05, 3.63) is 102 Å². The lowest BCUT2D eigenvalue weighted by molar-refractivity contribution is -0.143. The molecule has 11 atom stereocenters. The van der Waals surface area contributed by atoms with Crippen molar-refractivity contribution in [2.75, 3.05) is 19.7 Å². The lowest BCUT2D eigenvalue weighted by atomic mass is 10.00. The van der Waals surface area contributed by atoms with Crippen molar-refractivity contribution in [3.8, 4) is 5.75 Å². The number of carbonyl (C=O) groups is 12. The van der Waals surface area contributed by atoms with Gasteiger partial charge in [0, 0.05) is 19.4 Å². The third kappa shape index (κ3) is 21.6. The zero-order valence-electron chi connectivity index (χ0n) is 48.7. The normalized spacial score (nSPS) is 16.4. The summed E-state index contributed by atoms with van der Waals surface area (Å²) in [5, 5.41) is 62.0. The second-order valence-electron chi connectivity index (χ2n) is 21.7. The molecule has 28 nitrogen and oxygen atoms in total. The molecule has 3 aromatic rings. The smallest absolute Gasteiger partial charge is 0.326 e. The summed E-state index contributed by atoms with van der Waals surface area (Å²) >= 11 is 0. The predicted molar refractivity (Wildman–Crippen MR) is 309 cm³/mol. The maximum Gasteiger partial charge on any atom is 0.326 e. The number of benzene rings is 3. The van der Waals surface area contributed by atoms with Gasteiger partial charge in [0.15, 0.2) is 0 Å². The Morgan fingerprint density at radius 3 is 1.60 bits per heavy atom. The summed E-state index contributed by atoms with van der Waals surface area (Å²) in [4.78, 5) is 161.